The van der Waals surface area contributed by atoms with Crippen LogP contribution >= 0.6 is 11.6 Å². The van der Waals surface area contributed by atoms with Crippen LogP contribution in [0.4, 0.5) is 4.39 Å². The Morgan fingerprint density at radius 2 is 1.75 bits per heavy atom. The van der Waals surface area contributed by atoms with Crippen LogP contribution in [-0.2, 0) is 6.42 Å². The highest BCUT2D eigenvalue weighted by Crippen LogP contribution is 2.19. The highest BCUT2D eigenvalue weighted by molar-refractivity contribution is 6.23. The molecule has 0 aliphatic carbocycles. The van der Waals surface area contributed by atoms with E-state index in [2.05, 4.69) is 0 Å². The van der Waals surface area contributed by atoms with E-state index in [-0.39, 0.29) is 10.7 Å². The fourth-order valence-electron chi connectivity index (χ4n) is 1.09. The molecule has 0 aliphatic heterocycles. The molecule has 0 amide bonds. The second-order valence-electron chi connectivity index (χ2n) is 3.52. The zero-order valence-corrected chi connectivity index (χ0v) is 8.03. The Morgan fingerprint density at radius 3 is 2.17 bits per heavy atom. The van der Waals surface area contributed by atoms with Crippen LogP contribution in [0.1, 0.15) is 19.4 Å². The number of alkyl halides is 1. The van der Waals surface area contributed by atoms with E-state index in [4.69, 9.17) is 11.6 Å². The minimum atomic E-state index is -0.252. The Hall–Kier alpha value is -0.560. The molecule has 2 heteroatoms. The monoisotopic (exact) mass is 186 g/mol. The van der Waals surface area contributed by atoms with Gasteiger partial charge in [0.2, 0.25) is 0 Å². The van der Waals surface area contributed by atoms with Crippen LogP contribution in [-0.4, -0.2) is 4.87 Å². The first-order chi connectivity index (χ1) is 5.47. The number of hydrogen-bond acceptors (Lipinski definition) is 0. The minimum Gasteiger partial charge on any atom is -0.207 e. The van der Waals surface area contributed by atoms with Gasteiger partial charge in [-0.2, -0.15) is 0 Å². The van der Waals surface area contributed by atoms with Crippen molar-refractivity contribution in [2.45, 2.75) is 25.1 Å². The van der Waals surface area contributed by atoms with Crippen molar-refractivity contribution in [2.75, 3.05) is 0 Å². The Kier molecular flexibility index (Phi) is 2.73. The standard InChI is InChI=1S/C10H12ClF/c1-10(2,11)7-8-3-5-9(12)6-4-8/h3-6H,7H2,1-2H3. The molecule has 0 atom stereocenters. The average Bonchev–Trinajstić information content (AvgIpc) is 1.91. The summed E-state index contributed by atoms with van der Waals surface area (Å²) in [5.74, 6) is -0.203. The third kappa shape index (κ3) is 3.22. The van der Waals surface area contributed by atoms with Crippen molar-refractivity contribution in [2.24, 2.45) is 0 Å². The summed E-state index contributed by atoms with van der Waals surface area (Å²) in [5, 5.41) is 0. The normalized spacial score (nSPS) is 11.7. The smallest absolute Gasteiger partial charge is 0.123 e. The molecule has 0 aliphatic rings. The lowest BCUT2D eigenvalue weighted by Crippen LogP contribution is -2.13. The second kappa shape index (κ2) is 3.44. The van der Waals surface area contributed by atoms with Crippen LogP contribution in [0.2, 0.25) is 0 Å². The van der Waals surface area contributed by atoms with E-state index in [0.717, 1.165) is 12.0 Å². The van der Waals surface area contributed by atoms with Gasteiger partial charge in [-0.3, -0.25) is 0 Å². The van der Waals surface area contributed by atoms with E-state index in [9.17, 15) is 4.39 Å². The third-order valence-corrected chi connectivity index (χ3v) is 1.67. The maximum Gasteiger partial charge on any atom is 0.123 e. The van der Waals surface area contributed by atoms with Crippen LogP contribution in [0.3, 0.4) is 0 Å². The van der Waals surface area contributed by atoms with Crippen LogP contribution in [0.15, 0.2) is 24.3 Å². The van der Waals surface area contributed by atoms with Gasteiger partial charge in [-0.25, -0.2) is 4.39 Å². The topological polar surface area (TPSA) is 0 Å². The van der Waals surface area contributed by atoms with Crippen molar-refractivity contribution in [3.8, 4) is 0 Å². The zero-order chi connectivity index (χ0) is 9.19. The lowest BCUT2D eigenvalue weighted by Gasteiger charge is -2.14. The molecule has 0 saturated carbocycles. The first kappa shape index (κ1) is 9.53. The van der Waals surface area contributed by atoms with Crippen LogP contribution in [0.5, 0.6) is 0 Å². The molecule has 0 bridgehead atoms. The minimum absolute atomic E-state index is 0.203. The van der Waals surface area contributed by atoms with Gasteiger partial charge in [0.05, 0.1) is 0 Å². The summed E-state index contributed by atoms with van der Waals surface area (Å²) in [6.45, 7) is 3.88. The molecular weight excluding hydrogens is 175 g/mol. The van der Waals surface area contributed by atoms with E-state index < -0.39 is 0 Å². The van der Waals surface area contributed by atoms with E-state index in [1.165, 1.54) is 12.1 Å². The molecule has 1 aromatic carbocycles. The molecule has 66 valence electrons. The van der Waals surface area contributed by atoms with E-state index in [1.807, 2.05) is 13.8 Å². The van der Waals surface area contributed by atoms with Gasteiger partial charge in [-0.1, -0.05) is 12.1 Å². The molecule has 0 heterocycles. The average molecular weight is 187 g/mol. The fourth-order valence-corrected chi connectivity index (χ4v) is 1.24. The van der Waals surface area contributed by atoms with Gasteiger partial charge in [-0.15, -0.1) is 11.6 Å². The quantitative estimate of drug-likeness (QED) is 0.622. The van der Waals surface area contributed by atoms with E-state index >= 15 is 0 Å². The lowest BCUT2D eigenvalue weighted by molar-refractivity contribution is 0.624. The Labute approximate surface area is 77.4 Å². The molecule has 0 nitrogen and oxygen atoms in total. The van der Waals surface area contributed by atoms with Gasteiger partial charge in [0, 0.05) is 4.87 Å². The molecule has 0 radical (unpaired) electrons. The Balaban J connectivity index is 2.71. The van der Waals surface area contributed by atoms with E-state index in [0.29, 0.717) is 0 Å². The summed E-state index contributed by atoms with van der Waals surface area (Å²) in [6, 6.07) is 6.44. The molecule has 1 rings (SSSR count). The third-order valence-electron chi connectivity index (χ3n) is 1.54. The molecular formula is C10H12ClF. The van der Waals surface area contributed by atoms with Gasteiger partial charge in [0.25, 0.3) is 0 Å². The highest BCUT2D eigenvalue weighted by atomic mass is 35.5. The zero-order valence-electron chi connectivity index (χ0n) is 7.27. The maximum atomic E-state index is 12.5. The predicted molar refractivity (Wildman–Crippen MR) is 50.0 cm³/mol. The summed E-state index contributed by atoms with van der Waals surface area (Å²) in [5.41, 5.74) is 1.07. The van der Waals surface area contributed by atoms with Crippen LogP contribution in [0, 0.1) is 5.82 Å². The first-order valence-electron chi connectivity index (χ1n) is 3.91. The number of halogens is 2. The first-order valence-corrected chi connectivity index (χ1v) is 4.28. The molecule has 0 spiro atoms. The number of hydrogen-bond donors (Lipinski definition) is 0. The summed E-state index contributed by atoms with van der Waals surface area (Å²) in [4.78, 5) is -0.252. The summed E-state index contributed by atoms with van der Waals surface area (Å²) < 4.78 is 12.5. The lowest BCUT2D eigenvalue weighted by atomic mass is 10.0. The number of rotatable bonds is 2. The predicted octanol–water partition coefficient (Wildman–Crippen LogP) is 3.39. The van der Waals surface area contributed by atoms with Crippen molar-refractivity contribution in [3.05, 3.63) is 35.6 Å². The van der Waals surface area contributed by atoms with Gasteiger partial charge < -0.3 is 0 Å². The van der Waals surface area contributed by atoms with Crippen molar-refractivity contribution in [1.82, 2.24) is 0 Å². The van der Waals surface area contributed by atoms with Crippen molar-refractivity contribution in [3.63, 3.8) is 0 Å². The SMILES string of the molecule is CC(C)(Cl)Cc1ccc(F)cc1. The molecule has 12 heavy (non-hydrogen) atoms. The molecule has 0 N–H and O–H groups in total. The van der Waals surface area contributed by atoms with Gasteiger partial charge >= 0.3 is 0 Å². The van der Waals surface area contributed by atoms with Crippen molar-refractivity contribution < 1.29 is 4.39 Å². The molecule has 1 aromatic rings. The van der Waals surface area contributed by atoms with Crippen molar-refractivity contribution in [1.29, 1.82) is 0 Å². The summed E-state index contributed by atoms with van der Waals surface area (Å²) in [6.07, 6.45) is 0.759. The van der Waals surface area contributed by atoms with Crippen LogP contribution < -0.4 is 0 Å². The molecule has 0 aromatic heterocycles. The Bertz CT molecular complexity index is 246. The van der Waals surface area contributed by atoms with E-state index in [1.54, 1.807) is 12.1 Å². The highest BCUT2D eigenvalue weighted by Gasteiger charge is 2.13. The number of benzene rings is 1. The van der Waals surface area contributed by atoms with Crippen molar-refractivity contribution >= 4 is 11.6 Å². The molecule has 0 unspecified atom stereocenters. The fraction of sp³-hybridized carbons (Fsp3) is 0.400. The van der Waals surface area contributed by atoms with Gasteiger partial charge in [0.1, 0.15) is 5.82 Å². The van der Waals surface area contributed by atoms with Gasteiger partial charge in [0.15, 0.2) is 0 Å². The van der Waals surface area contributed by atoms with Gasteiger partial charge in [-0.05, 0) is 38.0 Å². The summed E-state index contributed by atoms with van der Waals surface area (Å²) >= 11 is 6.01. The Morgan fingerprint density at radius 1 is 1.25 bits per heavy atom. The largest absolute Gasteiger partial charge is 0.207 e. The second-order valence-corrected chi connectivity index (χ2v) is 4.55. The maximum absolute atomic E-state index is 12.5. The summed E-state index contributed by atoms with van der Waals surface area (Å²) in [7, 11) is 0. The molecule has 0 fully saturated rings. The molecule has 0 saturated heterocycles. The van der Waals surface area contributed by atoms with Crippen LogP contribution in [0.25, 0.3) is 0 Å².